The number of hydrogen-bond donors (Lipinski definition) is 0. The molecule has 3 nitrogen and oxygen atoms in total. The maximum atomic E-state index is 11.6. The van der Waals surface area contributed by atoms with E-state index in [4.69, 9.17) is 9.47 Å². The number of fused-ring (bicyclic) bond motifs is 5. The summed E-state index contributed by atoms with van der Waals surface area (Å²) in [6.07, 6.45) is 8.95. The molecule has 1 fully saturated rings. The normalized spacial score (nSPS) is 31.4. The van der Waals surface area contributed by atoms with Crippen molar-refractivity contribution in [2.75, 3.05) is 0 Å². The molecule has 3 aliphatic rings. The maximum absolute atomic E-state index is 11.6. The second-order valence-electron chi connectivity index (χ2n) is 9.43. The third-order valence-corrected chi connectivity index (χ3v) is 7.68. The molecular formula is C27H30O3. The number of allylic oxidation sites excluding steroid dienone is 1. The molecule has 5 atom stereocenters. The van der Waals surface area contributed by atoms with Crippen molar-refractivity contribution >= 4 is 5.97 Å². The van der Waals surface area contributed by atoms with Crippen molar-refractivity contribution in [1.29, 1.82) is 0 Å². The van der Waals surface area contributed by atoms with E-state index < -0.39 is 0 Å². The molecule has 0 spiro atoms. The predicted octanol–water partition coefficient (Wildman–Crippen LogP) is 5.83. The maximum Gasteiger partial charge on any atom is 0.303 e. The molecule has 0 heterocycles. The summed E-state index contributed by atoms with van der Waals surface area (Å²) in [6.45, 7) is 4.44. The first kappa shape index (κ1) is 19.4. The summed E-state index contributed by atoms with van der Waals surface area (Å²) in [6, 6.07) is 17.0. The summed E-state index contributed by atoms with van der Waals surface area (Å²) in [4.78, 5) is 11.6. The number of rotatable bonds is 4. The summed E-state index contributed by atoms with van der Waals surface area (Å²) in [5.74, 6) is 2.50. The Morgan fingerprint density at radius 2 is 1.93 bits per heavy atom. The smallest absolute Gasteiger partial charge is 0.303 e. The third kappa shape index (κ3) is 3.34. The molecule has 0 radical (unpaired) electrons. The van der Waals surface area contributed by atoms with E-state index in [1.807, 2.05) is 18.2 Å². The van der Waals surface area contributed by atoms with E-state index in [1.165, 1.54) is 30.0 Å². The highest BCUT2D eigenvalue weighted by Gasteiger charge is 2.53. The van der Waals surface area contributed by atoms with E-state index in [1.54, 1.807) is 0 Å². The number of esters is 1. The number of carbonyl (C=O) groups is 1. The quantitative estimate of drug-likeness (QED) is 0.477. The van der Waals surface area contributed by atoms with Crippen LogP contribution in [-0.4, -0.2) is 12.1 Å². The van der Waals surface area contributed by atoms with Gasteiger partial charge in [-0.15, -0.1) is 0 Å². The Kier molecular flexibility index (Phi) is 4.92. The van der Waals surface area contributed by atoms with E-state index in [-0.39, 0.29) is 17.5 Å². The minimum Gasteiger partial charge on any atom is -0.489 e. The molecule has 5 rings (SSSR count). The second-order valence-corrected chi connectivity index (χ2v) is 9.43. The Labute approximate surface area is 179 Å². The van der Waals surface area contributed by atoms with E-state index in [0.717, 1.165) is 25.0 Å². The fraction of sp³-hybridized carbons (Fsp3) is 0.444. The summed E-state index contributed by atoms with van der Waals surface area (Å²) in [7, 11) is 0. The molecule has 0 saturated heterocycles. The molecule has 2 aromatic carbocycles. The van der Waals surface area contributed by atoms with Gasteiger partial charge in [0.2, 0.25) is 0 Å². The van der Waals surface area contributed by atoms with Crippen LogP contribution in [0.5, 0.6) is 5.75 Å². The highest BCUT2D eigenvalue weighted by atomic mass is 16.5. The summed E-state index contributed by atoms with van der Waals surface area (Å²) >= 11 is 0. The van der Waals surface area contributed by atoms with Crippen LogP contribution in [-0.2, 0) is 22.6 Å². The first-order chi connectivity index (χ1) is 14.5. The molecule has 0 bridgehead atoms. The lowest BCUT2D eigenvalue weighted by Gasteiger charge is -2.50. The minimum absolute atomic E-state index is 0.0447. The van der Waals surface area contributed by atoms with Gasteiger partial charge < -0.3 is 9.47 Å². The number of aryl methyl sites for hydroxylation is 1. The van der Waals surface area contributed by atoms with Gasteiger partial charge in [-0.3, -0.25) is 4.79 Å². The van der Waals surface area contributed by atoms with Crippen LogP contribution in [0.3, 0.4) is 0 Å². The molecule has 0 amide bonds. The second kappa shape index (κ2) is 7.61. The fourth-order valence-electron chi connectivity index (χ4n) is 6.15. The zero-order valence-electron chi connectivity index (χ0n) is 17.8. The fourth-order valence-corrected chi connectivity index (χ4v) is 6.15. The Balaban J connectivity index is 1.33. The monoisotopic (exact) mass is 402 g/mol. The van der Waals surface area contributed by atoms with Gasteiger partial charge >= 0.3 is 5.97 Å². The Hall–Kier alpha value is -2.55. The number of ether oxygens (including phenoxy) is 2. The van der Waals surface area contributed by atoms with E-state index >= 15 is 0 Å². The molecule has 3 heteroatoms. The van der Waals surface area contributed by atoms with Crippen molar-refractivity contribution in [3.63, 3.8) is 0 Å². The standard InChI is InChI=1S/C27H30O3/c1-18(28)30-26-13-12-25-24-10-8-20-16-21(29-17-19-6-4-3-5-7-19)9-11-22(20)23(24)14-15-27(25,26)2/h3-7,9,11-13,16,23-26H,8,10,14-15,17H2,1-2H3/t23-,24-,25+,26+,27+/m1/s1. The molecule has 156 valence electrons. The number of carbonyl (C=O) groups excluding carboxylic acids is 1. The largest absolute Gasteiger partial charge is 0.489 e. The zero-order valence-corrected chi connectivity index (χ0v) is 17.8. The van der Waals surface area contributed by atoms with Crippen LogP contribution in [0.1, 0.15) is 55.7 Å². The molecule has 30 heavy (non-hydrogen) atoms. The lowest BCUT2D eigenvalue weighted by molar-refractivity contribution is -0.152. The van der Waals surface area contributed by atoms with Gasteiger partial charge in [0.15, 0.2) is 0 Å². The van der Waals surface area contributed by atoms with Crippen molar-refractivity contribution in [2.45, 2.75) is 58.2 Å². The lowest BCUT2D eigenvalue weighted by Crippen LogP contribution is -2.45. The Morgan fingerprint density at radius 3 is 2.73 bits per heavy atom. The summed E-state index contributed by atoms with van der Waals surface area (Å²) < 4.78 is 11.7. The molecule has 0 unspecified atom stereocenters. The van der Waals surface area contributed by atoms with Gasteiger partial charge in [-0.05, 0) is 78.3 Å². The number of benzene rings is 2. The molecule has 2 aromatic rings. The first-order valence-corrected chi connectivity index (χ1v) is 11.2. The van der Waals surface area contributed by atoms with Gasteiger partial charge in [-0.2, -0.15) is 0 Å². The molecule has 1 saturated carbocycles. The zero-order chi connectivity index (χ0) is 20.7. The van der Waals surface area contributed by atoms with Gasteiger partial charge in [0.05, 0.1) is 0 Å². The minimum atomic E-state index is -0.175. The van der Waals surface area contributed by atoms with Crippen LogP contribution >= 0.6 is 0 Å². The third-order valence-electron chi connectivity index (χ3n) is 7.68. The molecular weight excluding hydrogens is 372 g/mol. The summed E-state index contributed by atoms with van der Waals surface area (Å²) in [5.41, 5.74) is 4.19. The van der Waals surface area contributed by atoms with Crippen LogP contribution < -0.4 is 4.74 Å². The van der Waals surface area contributed by atoms with Crippen LogP contribution in [0, 0.1) is 17.3 Å². The van der Waals surface area contributed by atoms with Crippen molar-refractivity contribution in [3.8, 4) is 5.75 Å². The van der Waals surface area contributed by atoms with Gasteiger partial charge in [0.1, 0.15) is 18.5 Å². The predicted molar refractivity (Wildman–Crippen MR) is 117 cm³/mol. The highest BCUT2D eigenvalue weighted by molar-refractivity contribution is 5.66. The lowest BCUT2D eigenvalue weighted by atomic mass is 9.55. The molecule has 0 aromatic heterocycles. The molecule has 0 aliphatic heterocycles. The van der Waals surface area contributed by atoms with Crippen molar-refractivity contribution in [1.82, 2.24) is 0 Å². The SMILES string of the molecule is CC(=O)O[C@H]1C=C[C@H]2[C@@H]3CCc4cc(OCc5ccccc5)ccc4[C@H]3CC[C@]12C. The first-order valence-electron chi connectivity index (χ1n) is 11.2. The van der Waals surface area contributed by atoms with E-state index in [9.17, 15) is 4.79 Å². The average Bonchev–Trinajstić information content (AvgIpc) is 3.08. The van der Waals surface area contributed by atoms with Gasteiger partial charge in [-0.1, -0.05) is 49.4 Å². The average molecular weight is 403 g/mol. The van der Waals surface area contributed by atoms with Crippen LogP contribution in [0.15, 0.2) is 60.7 Å². The summed E-state index contributed by atoms with van der Waals surface area (Å²) in [5, 5.41) is 0. The van der Waals surface area contributed by atoms with Gasteiger partial charge in [0, 0.05) is 12.3 Å². The van der Waals surface area contributed by atoms with Crippen LogP contribution in [0.4, 0.5) is 0 Å². The number of hydrogen-bond acceptors (Lipinski definition) is 3. The Morgan fingerprint density at radius 1 is 1.10 bits per heavy atom. The van der Waals surface area contributed by atoms with Crippen LogP contribution in [0.25, 0.3) is 0 Å². The topological polar surface area (TPSA) is 35.5 Å². The van der Waals surface area contributed by atoms with Gasteiger partial charge in [0.25, 0.3) is 0 Å². The van der Waals surface area contributed by atoms with E-state index in [0.29, 0.717) is 24.4 Å². The van der Waals surface area contributed by atoms with Crippen molar-refractivity contribution in [2.24, 2.45) is 17.3 Å². The Bertz CT molecular complexity index is 963. The van der Waals surface area contributed by atoms with Crippen molar-refractivity contribution in [3.05, 3.63) is 77.4 Å². The van der Waals surface area contributed by atoms with E-state index in [2.05, 4.69) is 49.4 Å². The van der Waals surface area contributed by atoms with Crippen molar-refractivity contribution < 1.29 is 14.3 Å². The molecule has 0 N–H and O–H groups in total. The van der Waals surface area contributed by atoms with Crippen LogP contribution in [0.2, 0.25) is 0 Å². The highest BCUT2D eigenvalue weighted by Crippen LogP contribution is 2.59. The molecule has 3 aliphatic carbocycles. The van der Waals surface area contributed by atoms with Gasteiger partial charge in [-0.25, -0.2) is 0 Å².